The van der Waals surface area contributed by atoms with Crippen LogP contribution in [0.5, 0.6) is 0 Å². The van der Waals surface area contributed by atoms with E-state index in [1.54, 1.807) is 0 Å². The number of hydrogen-bond donors (Lipinski definition) is 0. The molecule has 8 aromatic heterocycles. The summed E-state index contributed by atoms with van der Waals surface area (Å²) >= 11 is 0. The minimum atomic E-state index is 0.893. The summed E-state index contributed by atoms with van der Waals surface area (Å²) in [5, 5.41) is 17.7. The van der Waals surface area contributed by atoms with Gasteiger partial charge in [0.2, 0.25) is 0 Å². The fraction of sp³-hybridized carbons (Fsp3) is 0. The lowest BCUT2D eigenvalue weighted by molar-refractivity contribution is 1.39. The van der Waals surface area contributed by atoms with Gasteiger partial charge in [-0.3, -0.25) is 0 Å². The van der Waals surface area contributed by atoms with Gasteiger partial charge >= 0.3 is 0 Å². The second-order valence-corrected chi connectivity index (χ2v) is 29.9. The smallest absolute Gasteiger partial charge is 0.0978 e. The van der Waals surface area contributed by atoms with Crippen molar-refractivity contribution in [3.05, 3.63) is 388 Å². The van der Waals surface area contributed by atoms with Crippen molar-refractivity contribution < 1.29 is 0 Å². The Hall–Kier alpha value is -15.6. The van der Waals surface area contributed by atoms with E-state index in [-0.39, 0.29) is 0 Å². The van der Waals surface area contributed by atoms with Gasteiger partial charge in [-0.1, -0.05) is 328 Å². The van der Waals surface area contributed by atoms with Crippen LogP contribution in [0.25, 0.3) is 242 Å². The van der Waals surface area contributed by atoms with Gasteiger partial charge in [0.25, 0.3) is 0 Å². The van der Waals surface area contributed by atoms with E-state index in [0.29, 0.717) is 0 Å². The number of fused-ring (bicyclic) bond motifs is 18. The van der Waals surface area contributed by atoms with Crippen LogP contribution in [0.4, 0.5) is 0 Å². The van der Waals surface area contributed by atoms with Crippen LogP contribution in [0.15, 0.2) is 388 Å². The molecule has 8 heteroatoms. The SMILES string of the molecule is c1ccc(-c2c3ccccc3nc3c2ccc2ccc(-c4ccc(-c5ccc6ccc7c(-c8ccccc8)c8ccccc8nc7c6n5)c5ccccc45)nc23)cc1.c1ccc(-c2c3ccccc3nc3c2ccc2ccc(-c4ccc5cc(-c6ccc7ccc8c(-c9ccccc9)c9ccccc9nc8c7n6)ccc5c4)nc23)cc1. The number of hydrogen-bond acceptors (Lipinski definition) is 8. The van der Waals surface area contributed by atoms with Gasteiger partial charge in [0.15, 0.2) is 0 Å². The number of nitrogens with zero attached hydrogens (tertiary/aromatic N) is 8. The van der Waals surface area contributed by atoms with E-state index < -0.39 is 0 Å². The summed E-state index contributed by atoms with van der Waals surface area (Å²) in [7, 11) is 0. The summed E-state index contributed by atoms with van der Waals surface area (Å²) in [6, 6.07) is 137. The van der Waals surface area contributed by atoms with Crippen LogP contribution >= 0.6 is 0 Å². The first kappa shape index (κ1) is 66.2. The van der Waals surface area contributed by atoms with E-state index >= 15 is 0 Å². The fourth-order valence-corrected chi connectivity index (χ4v) is 17.7. The predicted octanol–water partition coefficient (Wildman–Crippen LogP) is 28.0. The van der Waals surface area contributed by atoms with Gasteiger partial charge in [-0.05, 0) is 104 Å². The zero-order valence-corrected chi connectivity index (χ0v) is 62.5. The lowest BCUT2D eigenvalue weighted by Crippen LogP contribution is -1.95. The molecule has 0 atom stereocenters. The van der Waals surface area contributed by atoms with Crippen molar-refractivity contribution >= 4 is 152 Å². The highest BCUT2D eigenvalue weighted by Crippen LogP contribution is 2.45. The minimum absolute atomic E-state index is 0.893. The highest BCUT2D eigenvalue weighted by atomic mass is 14.8. The Morgan fingerprint density at radius 3 is 0.655 bits per heavy atom. The van der Waals surface area contributed by atoms with E-state index in [1.807, 2.05) is 0 Å². The van der Waals surface area contributed by atoms with Gasteiger partial charge in [0.05, 0.1) is 89.0 Å². The number of para-hydroxylation sites is 4. The zero-order chi connectivity index (χ0) is 76.3. The largest absolute Gasteiger partial charge is 0.245 e. The molecule has 24 rings (SSSR count). The van der Waals surface area contributed by atoms with Crippen molar-refractivity contribution in [2.75, 3.05) is 0 Å². The average Bonchev–Trinajstić information content (AvgIpc) is 0.747. The molecule has 0 amide bonds. The first-order chi connectivity index (χ1) is 57.5. The van der Waals surface area contributed by atoms with Crippen LogP contribution in [-0.4, -0.2) is 39.9 Å². The van der Waals surface area contributed by atoms with Gasteiger partial charge in [-0.2, -0.15) is 0 Å². The number of rotatable bonds is 8. The lowest BCUT2D eigenvalue weighted by Gasteiger charge is -2.15. The summed E-state index contributed by atoms with van der Waals surface area (Å²) in [4.78, 5) is 42.4. The Labute approximate surface area is 665 Å². The molecule has 0 aliphatic rings. The molecule has 0 saturated heterocycles. The molecule has 0 saturated carbocycles. The maximum absolute atomic E-state index is 5.41. The number of pyridine rings is 8. The third-order valence-electron chi connectivity index (χ3n) is 23.2. The summed E-state index contributed by atoms with van der Waals surface area (Å²) < 4.78 is 0. The average molecular weight is 1470 g/mol. The Bertz CT molecular complexity index is 7720. The molecule has 116 heavy (non-hydrogen) atoms. The molecule has 536 valence electrons. The molecule has 8 nitrogen and oxygen atoms in total. The van der Waals surface area contributed by atoms with E-state index in [9.17, 15) is 0 Å². The maximum atomic E-state index is 5.41. The quantitative estimate of drug-likeness (QED) is 0.109. The molecular formula is C108H64N8. The molecule has 0 fully saturated rings. The lowest BCUT2D eigenvalue weighted by atomic mass is 9.93. The zero-order valence-electron chi connectivity index (χ0n) is 62.5. The third kappa shape index (κ3) is 11.1. The van der Waals surface area contributed by atoms with Crippen LogP contribution in [-0.2, 0) is 0 Å². The van der Waals surface area contributed by atoms with Gasteiger partial charge < -0.3 is 0 Å². The van der Waals surface area contributed by atoms with Crippen LogP contribution in [0.1, 0.15) is 0 Å². The van der Waals surface area contributed by atoms with Crippen molar-refractivity contribution in [3.8, 4) is 89.5 Å². The molecule has 0 spiro atoms. The Morgan fingerprint density at radius 1 is 0.129 bits per heavy atom. The predicted molar refractivity (Wildman–Crippen MR) is 484 cm³/mol. The number of aromatic nitrogens is 8. The van der Waals surface area contributed by atoms with E-state index in [4.69, 9.17) is 39.9 Å². The van der Waals surface area contributed by atoms with Gasteiger partial charge in [0.1, 0.15) is 0 Å². The molecule has 0 unspecified atom stereocenters. The molecule has 0 aliphatic carbocycles. The summed E-state index contributed by atoms with van der Waals surface area (Å²) in [5.41, 5.74) is 28.4. The normalized spacial score (nSPS) is 11.8. The molecule has 0 radical (unpaired) electrons. The van der Waals surface area contributed by atoms with Gasteiger partial charge in [0, 0.05) is 109 Å². The second-order valence-electron chi connectivity index (χ2n) is 29.9. The van der Waals surface area contributed by atoms with Gasteiger partial charge in [-0.25, -0.2) is 39.9 Å². The molecule has 8 heterocycles. The Kier molecular flexibility index (Phi) is 15.5. The molecule has 16 aromatic carbocycles. The third-order valence-corrected chi connectivity index (χ3v) is 23.2. The van der Waals surface area contributed by atoms with E-state index in [2.05, 4.69) is 388 Å². The summed E-state index contributed by atoms with van der Waals surface area (Å²) in [6.45, 7) is 0. The topological polar surface area (TPSA) is 103 Å². The van der Waals surface area contributed by atoms with E-state index in [0.717, 1.165) is 197 Å². The monoisotopic (exact) mass is 1470 g/mol. The maximum Gasteiger partial charge on any atom is 0.0978 e. The van der Waals surface area contributed by atoms with Crippen molar-refractivity contribution in [3.63, 3.8) is 0 Å². The Balaban J connectivity index is 0.000000137. The second kappa shape index (κ2) is 27.1. The summed E-state index contributed by atoms with van der Waals surface area (Å²) in [5.74, 6) is 0. The summed E-state index contributed by atoms with van der Waals surface area (Å²) in [6.07, 6.45) is 0. The van der Waals surface area contributed by atoms with E-state index in [1.165, 1.54) is 44.5 Å². The highest BCUT2D eigenvalue weighted by molar-refractivity contribution is 6.21. The Morgan fingerprint density at radius 2 is 0.362 bits per heavy atom. The molecule has 0 N–H and O–H groups in total. The van der Waals surface area contributed by atoms with Crippen LogP contribution in [0, 0.1) is 0 Å². The standard InChI is InChI=1S/2C54H32N4/c1-3-11-33(12-4-1)49-41-15-7-9-17-47(41)57-53-43(49)27-23-35-25-29-45(55-51(35)53)39-21-19-38-32-40(22-20-37(38)31-39)46-30-26-36-24-28-44-50(34-13-5-2-6-14-34)42-16-8-10-18-48(42)58-54(44)52(36)56-46;1-3-13-33(14-4-1)49-41-19-9-11-21-45(41)57-53-43(49)27-23-35-25-31-47(55-51(35)53)39-29-30-40(38-18-8-7-17-37(38)39)48-32-26-36-24-28-44-50(34-15-5-2-6-16-34)42-20-10-12-22-46(42)58-54(44)52(36)56-48/h2*1-32H. The van der Waals surface area contributed by atoms with Gasteiger partial charge in [-0.15, -0.1) is 0 Å². The van der Waals surface area contributed by atoms with Crippen LogP contribution in [0.2, 0.25) is 0 Å². The first-order valence-electron chi connectivity index (χ1n) is 39.3. The molecule has 24 aromatic rings. The molecule has 0 bridgehead atoms. The van der Waals surface area contributed by atoms with Crippen molar-refractivity contribution in [1.82, 2.24) is 39.9 Å². The molecular weight excluding hydrogens is 1410 g/mol. The van der Waals surface area contributed by atoms with Crippen molar-refractivity contribution in [2.45, 2.75) is 0 Å². The van der Waals surface area contributed by atoms with Crippen LogP contribution in [0.3, 0.4) is 0 Å². The van der Waals surface area contributed by atoms with Crippen molar-refractivity contribution in [1.29, 1.82) is 0 Å². The first-order valence-corrected chi connectivity index (χ1v) is 39.3. The molecule has 0 aliphatic heterocycles. The van der Waals surface area contributed by atoms with Crippen molar-refractivity contribution in [2.24, 2.45) is 0 Å². The number of benzene rings is 16. The minimum Gasteiger partial charge on any atom is -0.245 e. The highest BCUT2D eigenvalue weighted by Gasteiger charge is 2.22. The fourth-order valence-electron chi connectivity index (χ4n) is 17.7. The van der Waals surface area contributed by atoms with Crippen LogP contribution < -0.4 is 0 Å².